The van der Waals surface area contributed by atoms with Gasteiger partial charge in [-0.05, 0) is 42.2 Å². The van der Waals surface area contributed by atoms with E-state index >= 15 is 0 Å². The summed E-state index contributed by atoms with van der Waals surface area (Å²) >= 11 is 1.88. The normalized spacial score (nSPS) is 21.2. The first kappa shape index (κ1) is 21.1. The van der Waals surface area contributed by atoms with Gasteiger partial charge in [-0.25, -0.2) is 9.37 Å². The first-order valence-corrected chi connectivity index (χ1v) is 11.4. The molecule has 4 rings (SSSR count). The lowest BCUT2D eigenvalue weighted by molar-refractivity contribution is -0.180. The molecule has 2 heterocycles. The third-order valence-corrected chi connectivity index (χ3v) is 6.55. The van der Waals surface area contributed by atoms with Gasteiger partial charge in [0.1, 0.15) is 5.82 Å². The van der Waals surface area contributed by atoms with Crippen LogP contribution in [0.1, 0.15) is 23.1 Å². The van der Waals surface area contributed by atoms with Crippen LogP contribution in [-0.4, -0.2) is 33.8 Å². The van der Waals surface area contributed by atoms with Crippen LogP contribution in [-0.2, 0) is 28.2 Å². The molecule has 4 nitrogen and oxygen atoms in total. The first-order chi connectivity index (χ1) is 14.6. The van der Waals surface area contributed by atoms with E-state index in [9.17, 15) is 4.39 Å². The van der Waals surface area contributed by atoms with Crippen molar-refractivity contribution in [3.05, 3.63) is 89.8 Å². The predicted molar refractivity (Wildman–Crippen MR) is 118 cm³/mol. The standard InChI is InChI=1S/C24H27FN2O2S/c1-19-4-2-3-5-21(19)15-30-16-23-14-28-24(29-23,17-27-13-12-26-18-27)11-10-20-6-8-22(25)9-7-20/h2-9,12-13,18,23H,10-11,14-17H2,1H3. The van der Waals surface area contributed by atoms with E-state index < -0.39 is 5.79 Å². The van der Waals surface area contributed by atoms with Crippen LogP contribution in [0, 0.1) is 12.7 Å². The summed E-state index contributed by atoms with van der Waals surface area (Å²) in [6, 6.07) is 15.1. The maximum absolute atomic E-state index is 13.2. The van der Waals surface area contributed by atoms with Gasteiger partial charge in [-0.2, -0.15) is 11.8 Å². The van der Waals surface area contributed by atoms with Crippen molar-refractivity contribution in [2.75, 3.05) is 12.4 Å². The summed E-state index contributed by atoms with van der Waals surface area (Å²) in [7, 11) is 0. The Morgan fingerprint density at radius 1 is 1.20 bits per heavy atom. The average molecular weight is 427 g/mol. The van der Waals surface area contributed by atoms with Gasteiger partial charge in [-0.15, -0.1) is 0 Å². The van der Waals surface area contributed by atoms with E-state index in [1.54, 1.807) is 12.5 Å². The summed E-state index contributed by atoms with van der Waals surface area (Å²) in [6.45, 7) is 3.32. The average Bonchev–Trinajstić information content (AvgIpc) is 3.40. The number of aryl methyl sites for hydroxylation is 2. The maximum Gasteiger partial charge on any atom is 0.187 e. The second kappa shape index (κ2) is 9.77. The third-order valence-electron chi connectivity index (χ3n) is 5.43. The Morgan fingerprint density at radius 2 is 2.03 bits per heavy atom. The van der Waals surface area contributed by atoms with E-state index in [0.717, 1.165) is 23.5 Å². The number of ether oxygens (including phenoxy) is 2. The number of thioether (sulfide) groups is 1. The van der Waals surface area contributed by atoms with Crippen molar-refractivity contribution in [1.82, 2.24) is 9.55 Å². The van der Waals surface area contributed by atoms with Gasteiger partial charge in [0.15, 0.2) is 5.79 Å². The van der Waals surface area contributed by atoms with Crippen LogP contribution in [0.15, 0.2) is 67.3 Å². The van der Waals surface area contributed by atoms with Gasteiger partial charge in [0.05, 0.1) is 25.6 Å². The Hall–Kier alpha value is -2.15. The zero-order valence-corrected chi connectivity index (χ0v) is 18.0. The number of rotatable bonds is 9. The van der Waals surface area contributed by atoms with Gasteiger partial charge in [0.25, 0.3) is 0 Å². The Bertz CT molecular complexity index is 933. The Kier molecular flexibility index (Phi) is 6.87. The minimum Gasteiger partial charge on any atom is -0.345 e. The van der Waals surface area contributed by atoms with E-state index in [2.05, 4.69) is 36.2 Å². The van der Waals surface area contributed by atoms with Crippen molar-refractivity contribution in [3.8, 4) is 0 Å². The molecule has 2 aromatic carbocycles. The Balaban J connectivity index is 1.36. The molecule has 0 radical (unpaired) electrons. The van der Waals surface area contributed by atoms with Gasteiger partial charge >= 0.3 is 0 Å². The lowest BCUT2D eigenvalue weighted by Gasteiger charge is -2.28. The van der Waals surface area contributed by atoms with Crippen molar-refractivity contribution >= 4 is 11.8 Å². The van der Waals surface area contributed by atoms with Crippen LogP contribution in [0.25, 0.3) is 0 Å². The van der Waals surface area contributed by atoms with Crippen molar-refractivity contribution in [2.24, 2.45) is 0 Å². The molecule has 2 unspecified atom stereocenters. The lowest BCUT2D eigenvalue weighted by Crippen LogP contribution is -2.37. The molecule has 1 saturated heterocycles. The van der Waals surface area contributed by atoms with E-state index in [1.807, 2.05) is 34.7 Å². The zero-order chi connectivity index (χ0) is 20.8. The van der Waals surface area contributed by atoms with Crippen LogP contribution < -0.4 is 0 Å². The number of imidazole rings is 1. The fourth-order valence-electron chi connectivity index (χ4n) is 3.71. The molecule has 2 atom stereocenters. The molecular weight excluding hydrogens is 399 g/mol. The monoisotopic (exact) mass is 426 g/mol. The predicted octanol–water partition coefficient (Wildman–Crippen LogP) is 5.01. The summed E-state index contributed by atoms with van der Waals surface area (Å²) in [5, 5.41) is 0. The molecule has 158 valence electrons. The summed E-state index contributed by atoms with van der Waals surface area (Å²) in [5.74, 6) is 0.946. The molecular formula is C24H27FN2O2S. The van der Waals surface area contributed by atoms with E-state index in [-0.39, 0.29) is 11.9 Å². The minimum atomic E-state index is -0.691. The molecule has 0 spiro atoms. The van der Waals surface area contributed by atoms with Crippen LogP contribution >= 0.6 is 11.8 Å². The molecule has 1 aliphatic rings. The summed E-state index contributed by atoms with van der Waals surface area (Å²) in [6.07, 6.45) is 6.99. The van der Waals surface area contributed by atoms with Crippen molar-refractivity contribution < 1.29 is 13.9 Å². The zero-order valence-electron chi connectivity index (χ0n) is 17.2. The van der Waals surface area contributed by atoms with Gasteiger partial charge in [0.2, 0.25) is 0 Å². The highest BCUT2D eigenvalue weighted by Gasteiger charge is 2.41. The maximum atomic E-state index is 13.2. The highest BCUT2D eigenvalue weighted by Crippen LogP contribution is 2.32. The van der Waals surface area contributed by atoms with E-state index in [4.69, 9.17) is 9.47 Å². The largest absolute Gasteiger partial charge is 0.345 e. The SMILES string of the molecule is Cc1ccccc1CSCC1COC(CCc2ccc(F)cc2)(Cn2ccnc2)O1. The summed E-state index contributed by atoms with van der Waals surface area (Å²) in [4.78, 5) is 4.14. The van der Waals surface area contributed by atoms with Gasteiger partial charge in [-0.1, -0.05) is 36.4 Å². The Labute approximate surface area is 181 Å². The van der Waals surface area contributed by atoms with E-state index in [1.165, 1.54) is 23.3 Å². The van der Waals surface area contributed by atoms with Crippen LogP contribution in [0.5, 0.6) is 0 Å². The fraction of sp³-hybridized carbons (Fsp3) is 0.375. The fourth-order valence-corrected chi connectivity index (χ4v) is 4.80. The molecule has 0 bridgehead atoms. The topological polar surface area (TPSA) is 36.3 Å². The highest BCUT2D eigenvalue weighted by atomic mass is 32.2. The van der Waals surface area contributed by atoms with Gasteiger partial charge in [0, 0.05) is 30.3 Å². The van der Waals surface area contributed by atoms with Gasteiger partial charge in [-0.3, -0.25) is 0 Å². The molecule has 0 aliphatic carbocycles. The second-order valence-electron chi connectivity index (χ2n) is 7.76. The number of aromatic nitrogens is 2. The second-order valence-corrected chi connectivity index (χ2v) is 8.79. The van der Waals surface area contributed by atoms with Crippen LogP contribution in [0.2, 0.25) is 0 Å². The number of hydrogen-bond acceptors (Lipinski definition) is 4. The summed E-state index contributed by atoms with van der Waals surface area (Å²) < 4.78 is 27.9. The first-order valence-electron chi connectivity index (χ1n) is 10.3. The molecule has 0 N–H and O–H groups in total. The van der Waals surface area contributed by atoms with Crippen LogP contribution in [0.3, 0.4) is 0 Å². The molecule has 3 aromatic rings. The molecule has 1 aliphatic heterocycles. The number of halogens is 1. The number of benzene rings is 2. The number of nitrogens with zero attached hydrogens (tertiary/aromatic N) is 2. The van der Waals surface area contributed by atoms with Crippen LogP contribution in [0.4, 0.5) is 4.39 Å². The van der Waals surface area contributed by atoms with Crippen molar-refractivity contribution in [3.63, 3.8) is 0 Å². The molecule has 30 heavy (non-hydrogen) atoms. The molecule has 0 amide bonds. The quantitative estimate of drug-likeness (QED) is 0.482. The Morgan fingerprint density at radius 3 is 2.80 bits per heavy atom. The smallest absolute Gasteiger partial charge is 0.187 e. The van der Waals surface area contributed by atoms with Crippen molar-refractivity contribution in [2.45, 2.75) is 44.0 Å². The molecule has 1 fully saturated rings. The van der Waals surface area contributed by atoms with Crippen molar-refractivity contribution in [1.29, 1.82) is 0 Å². The minimum absolute atomic E-state index is 0.0516. The van der Waals surface area contributed by atoms with Gasteiger partial charge < -0.3 is 14.0 Å². The lowest BCUT2D eigenvalue weighted by atomic mass is 10.0. The van der Waals surface area contributed by atoms with E-state index in [0.29, 0.717) is 19.6 Å². The summed E-state index contributed by atoms with van der Waals surface area (Å²) in [5.41, 5.74) is 3.76. The molecule has 6 heteroatoms. The number of hydrogen-bond donors (Lipinski definition) is 0. The highest BCUT2D eigenvalue weighted by molar-refractivity contribution is 7.98. The third kappa shape index (κ3) is 5.50. The molecule has 0 saturated carbocycles. The molecule has 1 aromatic heterocycles.